The van der Waals surface area contributed by atoms with Gasteiger partial charge in [0.05, 0.1) is 0 Å². The van der Waals surface area contributed by atoms with Crippen LogP contribution in [0.25, 0.3) is 4.98 Å². The molecular weight excluding hydrogens is 144 g/mol. The van der Waals surface area contributed by atoms with Crippen molar-refractivity contribution in [3.05, 3.63) is 34.8 Å². The van der Waals surface area contributed by atoms with E-state index in [2.05, 4.69) is 4.98 Å². The zero-order chi connectivity index (χ0) is 8.27. The molecule has 0 saturated heterocycles. The van der Waals surface area contributed by atoms with Crippen LogP contribution in [0.3, 0.4) is 0 Å². The molecule has 0 aromatic heterocycles. The van der Waals surface area contributed by atoms with Crippen LogP contribution < -0.4 is 0 Å². The summed E-state index contributed by atoms with van der Waals surface area (Å²) in [6, 6.07) is 6.22. The van der Waals surface area contributed by atoms with Gasteiger partial charge in [0.2, 0.25) is 5.39 Å². The minimum atomic E-state index is -1.60. The van der Waals surface area contributed by atoms with Gasteiger partial charge in [0.25, 0.3) is 0 Å². The average molecular weight is 151 g/mol. The van der Waals surface area contributed by atoms with E-state index in [1.807, 2.05) is 0 Å². The van der Waals surface area contributed by atoms with Crippen molar-refractivity contribution in [2.75, 3.05) is 0 Å². The van der Waals surface area contributed by atoms with Crippen molar-refractivity contribution in [1.82, 2.24) is 0 Å². The molecule has 0 heterocycles. The minimum Gasteiger partial charge on any atom is -0.364 e. The van der Waals surface area contributed by atoms with Gasteiger partial charge in [-0.1, -0.05) is 12.1 Å². The van der Waals surface area contributed by atoms with Crippen LogP contribution in [0.2, 0.25) is 0 Å². The second-order valence-electron chi connectivity index (χ2n) is 2.03. The molecule has 1 aromatic carbocycles. The highest BCUT2D eigenvalue weighted by molar-refractivity contribution is 5.51. The molecule has 1 aromatic rings. The number of aliphatic hydroxyl groups is 2. The monoisotopic (exact) mass is 151 g/mol. The van der Waals surface area contributed by atoms with Gasteiger partial charge < -0.3 is 10.2 Å². The molecule has 0 amide bonds. The van der Waals surface area contributed by atoms with Gasteiger partial charge in [-0.3, -0.25) is 0 Å². The molecule has 4 heteroatoms. The predicted octanol–water partition coefficient (Wildman–Crippen LogP) is 1.15. The van der Waals surface area contributed by atoms with E-state index < -0.39 is 6.29 Å². The fourth-order valence-corrected chi connectivity index (χ4v) is 0.797. The molecule has 11 heavy (non-hydrogen) atoms. The van der Waals surface area contributed by atoms with E-state index >= 15 is 0 Å². The Morgan fingerprint density at radius 2 is 1.91 bits per heavy atom. The lowest BCUT2D eigenvalue weighted by Crippen LogP contribution is -1.93. The van der Waals surface area contributed by atoms with Crippen molar-refractivity contribution in [3.8, 4) is 0 Å². The number of hydrogen-bond acceptors (Lipinski definition) is 3. The number of benzene rings is 1. The molecule has 4 nitrogen and oxygen atoms in total. The first-order valence-corrected chi connectivity index (χ1v) is 3.06. The van der Waals surface area contributed by atoms with Gasteiger partial charge >= 0.3 is 5.69 Å². The van der Waals surface area contributed by atoms with Crippen LogP contribution in [0.5, 0.6) is 0 Å². The molecular formula is C7H7N2O2+. The topological polar surface area (TPSA) is 68.6 Å². The van der Waals surface area contributed by atoms with Crippen LogP contribution in [0, 0.1) is 5.39 Å². The van der Waals surface area contributed by atoms with Gasteiger partial charge in [-0.25, -0.2) is 0 Å². The molecule has 0 spiro atoms. The molecule has 0 atom stereocenters. The van der Waals surface area contributed by atoms with E-state index in [1.165, 1.54) is 12.1 Å². The zero-order valence-corrected chi connectivity index (χ0v) is 5.68. The van der Waals surface area contributed by atoms with Crippen LogP contribution in [-0.4, -0.2) is 10.2 Å². The first kappa shape index (κ1) is 7.66. The largest absolute Gasteiger partial charge is 0.393 e. The Hall–Kier alpha value is -1.44. The van der Waals surface area contributed by atoms with Gasteiger partial charge in [-0.15, -0.1) is 0 Å². The van der Waals surface area contributed by atoms with Crippen molar-refractivity contribution in [2.24, 2.45) is 0 Å². The predicted molar refractivity (Wildman–Crippen MR) is 38.4 cm³/mol. The van der Waals surface area contributed by atoms with E-state index in [1.54, 1.807) is 12.1 Å². The maximum absolute atomic E-state index is 8.72. The average Bonchev–Trinajstić information content (AvgIpc) is 2.04. The molecule has 0 bridgehead atoms. The lowest BCUT2D eigenvalue weighted by molar-refractivity contribution is -0.0418. The number of aliphatic hydroxyl groups excluding tert-OH is 1. The molecule has 0 fully saturated rings. The molecule has 0 aliphatic heterocycles. The molecule has 0 radical (unpaired) electrons. The third-order valence-electron chi connectivity index (χ3n) is 1.32. The van der Waals surface area contributed by atoms with Crippen LogP contribution in [0.4, 0.5) is 5.69 Å². The Labute approximate surface area is 63.3 Å². The SMILES string of the molecule is N#[N+]c1ccccc1C(O)O. The quantitative estimate of drug-likeness (QED) is 0.467. The summed E-state index contributed by atoms with van der Waals surface area (Å²) < 4.78 is 0. The van der Waals surface area contributed by atoms with Crippen molar-refractivity contribution in [2.45, 2.75) is 6.29 Å². The van der Waals surface area contributed by atoms with Crippen LogP contribution in [0.1, 0.15) is 11.9 Å². The van der Waals surface area contributed by atoms with E-state index in [0.29, 0.717) is 0 Å². The van der Waals surface area contributed by atoms with Crippen molar-refractivity contribution in [1.29, 1.82) is 5.39 Å². The van der Waals surface area contributed by atoms with Crippen molar-refractivity contribution in [3.63, 3.8) is 0 Å². The molecule has 0 aliphatic rings. The number of nitrogens with zero attached hydrogens (tertiary/aromatic N) is 2. The third kappa shape index (κ3) is 1.52. The molecule has 0 aliphatic carbocycles. The summed E-state index contributed by atoms with van der Waals surface area (Å²) >= 11 is 0. The molecule has 0 saturated carbocycles. The van der Waals surface area contributed by atoms with Gasteiger partial charge in [0, 0.05) is 6.07 Å². The fraction of sp³-hybridized carbons (Fsp3) is 0.143. The highest BCUT2D eigenvalue weighted by atomic mass is 16.5. The summed E-state index contributed by atoms with van der Waals surface area (Å²) in [5, 5.41) is 25.8. The summed E-state index contributed by atoms with van der Waals surface area (Å²) in [4.78, 5) is 2.87. The maximum atomic E-state index is 8.72. The standard InChI is InChI=1S/C7H7N2O2/c8-9-6-4-2-1-3-5(6)7(10)11/h1-4,7,10-11H/q+1. The smallest absolute Gasteiger partial charge is 0.364 e. The summed E-state index contributed by atoms with van der Waals surface area (Å²) in [7, 11) is 0. The number of hydrogen-bond donors (Lipinski definition) is 2. The van der Waals surface area contributed by atoms with E-state index in [0.717, 1.165) is 0 Å². The molecule has 0 unspecified atom stereocenters. The molecule has 2 N–H and O–H groups in total. The molecule has 1 rings (SSSR count). The van der Waals surface area contributed by atoms with Crippen LogP contribution in [0.15, 0.2) is 24.3 Å². The Bertz CT molecular complexity index is 291. The highest BCUT2D eigenvalue weighted by Gasteiger charge is 2.16. The Morgan fingerprint density at radius 3 is 2.36 bits per heavy atom. The second kappa shape index (κ2) is 3.10. The first-order valence-electron chi connectivity index (χ1n) is 3.06. The summed E-state index contributed by atoms with van der Waals surface area (Å²) in [6.07, 6.45) is -1.60. The Morgan fingerprint density at radius 1 is 1.27 bits per heavy atom. The Balaban J connectivity index is 3.15. The van der Waals surface area contributed by atoms with E-state index in [4.69, 9.17) is 15.6 Å². The number of diazo groups is 1. The highest BCUT2D eigenvalue weighted by Crippen LogP contribution is 2.22. The summed E-state index contributed by atoms with van der Waals surface area (Å²) in [5.41, 5.74) is 0.359. The third-order valence-corrected chi connectivity index (χ3v) is 1.32. The lowest BCUT2D eigenvalue weighted by Gasteiger charge is -1.97. The minimum absolute atomic E-state index is 0.169. The van der Waals surface area contributed by atoms with Crippen molar-refractivity contribution >= 4 is 5.69 Å². The second-order valence-corrected chi connectivity index (χ2v) is 2.03. The van der Waals surface area contributed by atoms with Gasteiger partial charge in [0.15, 0.2) is 11.3 Å². The van der Waals surface area contributed by atoms with E-state index in [9.17, 15) is 0 Å². The van der Waals surface area contributed by atoms with Crippen LogP contribution in [-0.2, 0) is 0 Å². The first-order chi connectivity index (χ1) is 5.25. The maximum Gasteiger partial charge on any atom is 0.393 e. The van der Waals surface area contributed by atoms with Gasteiger partial charge in [0.1, 0.15) is 5.56 Å². The molecule has 56 valence electrons. The summed E-state index contributed by atoms with van der Waals surface area (Å²) in [5.74, 6) is 0. The lowest BCUT2D eigenvalue weighted by atomic mass is 10.2. The van der Waals surface area contributed by atoms with Gasteiger partial charge in [-0.05, 0) is 6.07 Å². The van der Waals surface area contributed by atoms with E-state index in [-0.39, 0.29) is 11.3 Å². The summed E-state index contributed by atoms with van der Waals surface area (Å²) in [6.45, 7) is 0. The fourth-order valence-electron chi connectivity index (χ4n) is 0.797. The normalized spacial score (nSPS) is 9.64. The van der Waals surface area contributed by atoms with Crippen LogP contribution >= 0.6 is 0 Å². The van der Waals surface area contributed by atoms with Crippen molar-refractivity contribution < 1.29 is 10.2 Å². The zero-order valence-electron chi connectivity index (χ0n) is 5.68. The number of rotatable bonds is 1. The Kier molecular flexibility index (Phi) is 2.16. The van der Waals surface area contributed by atoms with Gasteiger partial charge in [-0.2, -0.15) is 0 Å².